The van der Waals surface area contributed by atoms with Crippen molar-refractivity contribution in [2.24, 2.45) is 0 Å². The van der Waals surface area contributed by atoms with Crippen LogP contribution < -0.4 is 15.4 Å². The molecule has 138 valence electrons. The maximum absolute atomic E-state index is 12.5. The summed E-state index contributed by atoms with van der Waals surface area (Å²) in [5.74, 6) is 1.72. The molecule has 0 aliphatic heterocycles. The molecule has 26 heavy (non-hydrogen) atoms. The van der Waals surface area contributed by atoms with Gasteiger partial charge in [0.2, 0.25) is 0 Å². The van der Waals surface area contributed by atoms with Gasteiger partial charge in [0.15, 0.2) is 0 Å². The van der Waals surface area contributed by atoms with Gasteiger partial charge in [-0.05, 0) is 43.5 Å². The van der Waals surface area contributed by atoms with Crippen molar-refractivity contribution < 1.29 is 14.6 Å². The highest BCUT2D eigenvalue weighted by Gasteiger charge is 2.33. The fourth-order valence-corrected chi connectivity index (χ4v) is 3.13. The van der Waals surface area contributed by atoms with Crippen molar-refractivity contribution in [3.8, 4) is 5.75 Å². The summed E-state index contributed by atoms with van der Waals surface area (Å²) in [6, 6.07) is 7.51. The van der Waals surface area contributed by atoms with Gasteiger partial charge in [-0.15, -0.1) is 0 Å². The number of carbonyl (C=O) groups is 1. The highest BCUT2D eigenvalue weighted by atomic mass is 16.5. The van der Waals surface area contributed by atoms with E-state index in [1.807, 2.05) is 19.1 Å². The Morgan fingerprint density at radius 2 is 2.12 bits per heavy atom. The Hall–Kier alpha value is -2.67. The number of methoxy groups -OCH3 is 1. The predicted octanol–water partition coefficient (Wildman–Crippen LogP) is 1.87. The second-order valence-electron chi connectivity index (χ2n) is 6.50. The topological polar surface area (TPSA) is 96.4 Å². The Morgan fingerprint density at radius 3 is 2.81 bits per heavy atom. The number of benzene rings is 1. The molecule has 1 fully saturated rings. The Labute approximate surface area is 152 Å². The van der Waals surface area contributed by atoms with E-state index >= 15 is 0 Å². The van der Waals surface area contributed by atoms with Crippen LogP contribution >= 0.6 is 0 Å². The van der Waals surface area contributed by atoms with Crippen molar-refractivity contribution in [1.29, 1.82) is 0 Å². The van der Waals surface area contributed by atoms with Crippen molar-refractivity contribution in [1.82, 2.24) is 15.3 Å². The lowest BCUT2D eigenvalue weighted by molar-refractivity contribution is 0.0907. The molecule has 0 saturated heterocycles. The van der Waals surface area contributed by atoms with Crippen LogP contribution in [0.3, 0.4) is 0 Å². The Balaban J connectivity index is 1.55. The van der Waals surface area contributed by atoms with Crippen LogP contribution in [0.15, 0.2) is 30.6 Å². The van der Waals surface area contributed by atoms with E-state index in [9.17, 15) is 4.79 Å². The molecule has 2 aromatic rings. The molecule has 1 aliphatic rings. The first-order valence-electron chi connectivity index (χ1n) is 8.73. The third-order valence-electron chi connectivity index (χ3n) is 4.68. The van der Waals surface area contributed by atoms with Crippen LogP contribution in [0.4, 0.5) is 5.82 Å². The van der Waals surface area contributed by atoms with Gasteiger partial charge in [0, 0.05) is 35.8 Å². The molecule has 0 spiro atoms. The Kier molecular flexibility index (Phi) is 5.68. The largest absolute Gasteiger partial charge is 0.497 e. The van der Waals surface area contributed by atoms with Crippen LogP contribution in [0.1, 0.15) is 40.4 Å². The number of carbonyl (C=O) groups excluding carboxylic acids is 1. The van der Waals surface area contributed by atoms with Crippen LogP contribution in [-0.4, -0.2) is 47.3 Å². The minimum Gasteiger partial charge on any atom is -0.497 e. The number of aryl methyl sites for hydroxylation is 1. The van der Waals surface area contributed by atoms with Gasteiger partial charge < -0.3 is 20.5 Å². The summed E-state index contributed by atoms with van der Waals surface area (Å²) >= 11 is 0. The fraction of sp³-hybridized carbons (Fsp3) is 0.421. The highest BCUT2D eigenvalue weighted by Crippen LogP contribution is 2.36. The predicted molar refractivity (Wildman–Crippen MR) is 98.6 cm³/mol. The number of amides is 1. The molecule has 1 saturated carbocycles. The molecule has 1 aromatic carbocycles. The van der Waals surface area contributed by atoms with E-state index in [0.717, 1.165) is 29.8 Å². The Morgan fingerprint density at radius 1 is 1.31 bits per heavy atom. The van der Waals surface area contributed by atoms with Gasteiger partial charge in [0.1, 0.15) is 17.9 Å². The number of ether oxygens (including phenoxy) is 1. The molecule has 0 bridgehead atoms. The molecule has 1 aliphatic carbocycles. The van der Waals surface area contributed by atoms with E-state index in [1.165, 1.54) is 6.33 Å². The van der Waals surface area contributed by atoms with Gasteiger partial charge in [-0.25, -0.2) is 9.97 Å². The summed E-state index contributed by atoms with van der Waals surface area (Å²) in [5, 5.41) is 15.0. The second kappa shape index (κ2) is 8.14. The van der Waals surface area contributed by atoms with E-state index in [1.54, 1.807) is 19.2 Å². The first kappa shape index (κ1) is 18.1. The molecule has 7 heteroatoms. The van der Waals surface area contributed by atoms with E-state index in [-0.39, 0.29) is 18.6 Å². The molecule has 3 N–H and O–H groups in total. The number of hydrogen-bond acceptors (Lipinski definition) is 6. The standard InChI is InChI=1S/C19H24N4O3/c1-12-7-15(26-2)3-4-16(12)19(25)23-14-8-13(9-14)17-10-18(20-5-6-24)22-11-21-17/h3-4,7,10-11,13-14,24H,5-6,8-9H2,1-2H3,(H,23,25)(H,20,21,22). The molecule has 0 atom stereocenters. The van der Waals surface area contributed by atoms with E-state index in [4.69, 9.17) is 9.84 Å². The normalized spacial score (nSPS) is 18.7. The van der Waals surface area contributed by atoms with Crippen molar-refractivity contribution in [2.45, 2.75) is 31.7 Å². The molecule has 1 amide bonds. The van der Waals surface area contributed by atoms with E-state index in [2.05, 4.69) is 20.6 Å². The van der Waals surface area contributed by atoms with Gasteiger partial charge >= 0.3 is 0 Å². The van der Waals surface area contributed by atoms with Gasteiger partial charge in [-0.2, -0.15) is 0 Å². The number of hydrogen-bond donors (Lipinski definition) is 3. The number of nitrogens with one attached hydrogen (secondary N) is 2. The Bertz CT molecular complexity index is 775. The molecule has 1 aromatic heterocycles. The maximum atomic E-state index is 12.5. The van der Waals surface area contributed by atoms with Crippen LogP contribution in [0, 0.1) is 6.92 Å². The summed E-state index contributed by atoms with van der Waals surface area (Å²) in [6.07, 6.45) is 3.25. The SMILES string of the molecule is COc1ccc(C(=O)NC2CC(c3cc(NCCO)ncn3)C2)c(C)c1. The molecule has 7 nitrogen and oxygen atoms in total. The van der Waals surface area contributed by atoms with Crippen molar-refractivity contribution >= 4 is 11.7 Å². The zero-order valence-corrected chi connectivity index (χ0v) is 15.0. The minimum absolute atomic E-state index is 0.0541. The maximum Gasteiger partial charge on any atom is 0.251 e. The molecule has 1 heterocycles. The van der Waals surface area contributed by atoms with Gasteiger partial charge in [-0.1, -0.05) is 0 Å². The smallest absolute Gasteiger partial charge is 0.251 e. The zero-order chi connectivity index (χ0) is 18.5. The van der Waals surface area contributed by atoms with Gasteiger partial charge in [-0.3, -0.25) is 4.79 Å². The summed E-state index contributed by atoms with van der Waals surface area (Å²) in [4.78, 5) is 20.9. The first-order valence-corrected chi connectivity index (χ1v) is 8.73. The highest BCUT2D eigenvalue weighted by molar-refractivity contribution is 5.96. The zero-order valence-electron chi connectivity index (χ0n) is 15.0. The monoisotopic (exact) mass is 356 g/mol. The average molecular weight is 356 g/mol. The van der Waals surface area contributed by atoms with Crippen molar-refractivity contribution in [3.05, 3.63) is 47.4 Å². The average Bonchev–Trinajstić information content (AvgIpc) is 2.62. The quantitative estimate of drug-likeness (QED) is 0.701. The number of anilines is 1. The van der Waals surface area contributed by atoms with E-state index in [0.29, 0.717) is 23.8 Å². The van der Waals surface area contributed by atoms with Gasteiger partial charge in [0.25, 0.3) is 5.91 Å². The number of aliphatic hydroxyl groups is 1. The third kappa shape index (κ3) is 4.11. The van der Waals surface area contributed by atoms with Crippen molar-refractivity contribution in [3.63, 3.8) is 0 Å². The molecular formula is C19H24N4O3. The van der Waals surface area contributed by atoms with Crippen molar-refractivity contribution in [2.75, 3.05) is 25.6 Å². The lowest BCUT2D eigenvalue weighted by Crippen LogP contribution is -2.43. The number of aromatic nitrogens is 2. The summed E-state index contributed by atoms with van der Waals surface area (Å²) in [6.45, 7) is 2.42. The second-order valence-corrected chi connectivity index (χ2v) is 6.50. The molecule has 3 rings (SSSR count). The van der Waals surface area contributed by atoms with Gasteiger partial charge in [0.05, 0.1) is 13.7 Å². The summed E-state index contributed by atoms with van der Waals surface area (Å²) < 4.78 is 5.18. The van der Waals surface area contributed by atoms with Crippen LogP contribution in [0.25, 0.3) is 0 Å². The molecule has 0 radical (unpaired) electrons. The van der Waals surface area contributed by atoms with E-state index < -0.39 is 0 Å². The lowest BCUT2D eigenvalue weighted by atomic mass is 9.78. The minimum atomic E-state index is -0.0541. The van der Waals surface area contributed by atoms with Crippen LogP contribution in [0.2, 0.25) is 0 Å². The molecular weight excluding hydrogens is 332 g/mol. The summed E-state index contributed by atoms with van der Waals surface area (Å²) in [7, 11) is 1.61. The van der Waals surface area contributed by atoms with Crippen LogP contribution in [0.5, 0.6) is 5.75 Å². The number of rotatable bonds is 7. The lowest BCUT2D eigenvalue weighted by Gasteiger charge is -2.35. The number of aliphatic hydroxyl groups excluding tert-OH is 1. The first-order chi connectivity index (χ1) is 12.6. The summed E-state index contributed by atoms with van der Waals surface area (Å²) in [5.41, 5.74) is 2.53. The van der Waals surface area contributed by atoms with Crippen LogP contribution in [-0.2, 0) is 0 Å². The third-order valence-corrected chi connectivity index (χ3v) is 4.68. The fourth-order valence-electron chi connectivity index (χ4n) is 3.13. The molecule has 0 unspecified atom stereocenters. The number of nitrogens with zero attached hydrogens (tertiary/aromatic N) is 2.